The maximum atomic E-state index is 7.59. The average Bonchev–Trinajstić information content (AvgIpc) is 1.66. The molecule has 0 atom stereocenters. The van der Waals surface area contributed by atoms with E-state index in [2.05, 4.69) is 243 Å². The molecule has 0 bridgehead atoms. The molecule has 15 aromatic heterocycles. The largest absolute Gasteiger partial charge is 0.456 e. The van der Waals surface area contributed by atoms with Crippen molar-refractivity contribution in [3.05, 3.63) is 300 Å². The fourth-order valence-electron chi connectivity index (χ4n) is 16.1. The number of rotatable bonds is 9. The minimum atomic E-state index is -2.13. The van der Waals surface area contributed by atoms with E-state index in [0.29, 0.717) is 11.3 Å². The molecule has 0 aliphatic carbocycles. The van der Waals surface area contributed by atoms with E-state index in [4.69, 9.17) is 26.2 Å². The number of benzene rings is 5. The zero-order valence-corrected chi connectivity index (χ0v) is 66.9. The molecule has 0 N–H and O–H groups in total. The Labute approximate surface area is 666 Å². The van der Waals surface area contributed by atoms with Crippen molar-refractivity contribution in [2.45, 2.75) is 94.8 Å². The van der Waals surface area contributed by atoms with Gasteiger partial charge in [0.15, 0.2) is 47.7 Å². The number of hydrogen-bond donors (Lipinski definition) is 0. The lowest BCUT2D eigenvalue weighted by atomic mass is 9.98. The van der Waals surface area contributed by atoms with Gasteiger partial charge in [0.1, 0.15) is 74.3 Å². The van der Waals surface area contributed by atoms with Crippen LogP contribution in [0.2, 0.25) is 0 Å². The lowest BCUT2D eigenvalue weighted by molar-refractivity contribution is -0.660. The fourth-order valence-corrected chi connectivity index (χ4v) is 16.1. The maximum absolute atomic E-state index is 7.59. The van der Waals surface area contributed by atoms with Crippen LogP contribution in [0.15, 0.2) is 266 Å². The van der Waals surface area contributed by atoms with Crippen LogP contribution >= 0.6 is 0 Å². The van der Waals surface area contributed by atoms with Crippen LogP contribution in [-0.4, -0.2) is 24.9 Å². The van der Waals surface area contributed by atoms with Crippen LogP contribution in [-0.2, 0) is 60.9 Å². The van der Waals surface area contributed by atoms with Gasteiger partial charge < -0.3 is 22.1 Å². The summed E-state index contributed by atoms with van der Waals surface area (Å²) >= 11 is 0. The SMILES string of the molecule is CCc1ccc(-c2c(C)ccc3oc4cccnc4c23)[n+](C)c1.CCc1ccc(-c2c(C)ccc3oc4ccncc4c23)[n+](C)c1.CCc1ccc(-c2c(C)ccc3oc4cnccc4c23)[n+](C)c1.CCc1ccc(-c2c(C)ccc3oc4ncccc4c23)[n+](C)c1.[2H]C([2H])([2H])c1ccc(-c2c(C)ncc3oc4ccccc4c23)[n+](C)c1. The lowest BCUT2D eigenvalue weighted by Gasteiger charge is -2.07. The van der Waals surface area contributed by atoms with Crippen LogP contribution in [0.1, 0.15) is 87.6 Å². The number of nitrogens with zero attached hydrogens (tertiary/aromatic N) is 10. The van der Waals surface area contributed by atoms with Gasteiger partial charge in [0.2, 0.25) is 34.2 Å². The van der Waals surface area contributed by atoms with Crippen LogP contribution in [0.4, 0.5) is 0 Å². The van der Waals surface area contributed by atoms with Crippen molar-refractivity contribution >= 4 is 110 Å². The molecular weight excluding hydrogens is 1410 g/mol. The molecule has 0 aliphatic rings. The van der Waals surface area contributed by atoms with E-state index in [0.717, 1.165) is 141 Å². The minimum absolute atomic E-state index is 0.314. The van der Waals surface area contributed by atoms with Gasteiger partial charge in [0, 0.05) is 136 Å². The van der Waals surface area contributed by atoms with Crippen molar-refractivity contribution in [1.29, 1.82) is 0 Å². The molecule has 0 spiro atoms. The van der Waals surface area contributed by atoms with Gasteiger partial charge in [-0.05, 0) is 186 Å². The zero-order chi connectivity index (χ0) is 81.7. The van der Waals surface area contributed by atoms with E-state index in [1.807, 2.05) is 110 Å². The van der Waals surface area contributed by atoms with Crippen molar-refractivity contribution in [2.24, 2.45) is 35.2 Å². The molecule has 0 fully saturated rings. The Balaban J connectivity index is 0.000000110. The molecule has 0 unspecified atom stereocenters. The van der Waals surface area contributed by atoms with E-state index in [9.17, 15) is 0 Å². The first-order chi connectivity index (χ1) is 56.6. The average molecular weight is 1510 g/mol. The first-order valence-electron chi connectivity index (χ1n) is 40.4. The second-order valence-electron chi connectivity index (χ2n) is 29.4. The third-order valence-corrected chi connectivity index (χ3v) is 22.0. The normalized spacial score (nSPS) is 11.9. The van der Waals surface area contributed by atoms with Crippen molar-refractivity contribution in [3.8, 4) is 56.3 Å². The molecule has 0 amide bonds. The van der Waals surface area contributed by atoms with Crippen molar-refractivity contribution in [1.82, 2.24) is 24.9 Å². The Morgan fingerprint density at radius 3 is 1.25 bits per heavy atom. The second kappa shape index (κ2) is 31.4. The second-order valence-corrected chi connectivity index (χ2v) is 29.4. The number of aryl methyl sites for hydroxylation is 15. The Hall–Kier alpha value is -13.4. The van der Waals surface area contributed by atoms with E-state index in [-0.39, 0.29) is 0 Å². The summed E-state index contributed by atoms with van der Waals surface area (Å²) in [4.78, 5) is 21.8. The molecular formula is C99H93N10O5+5. The first-order valence-corrected chi connectivity index (χ1v) is 38.9. The Kier molecular flexibility index (Phi) is 19.5. The summed E-state index contributed by atoms with van der Waals surface area (Å²) < 4.78 is 63.3. The minimum Gasteiger partial charge on any atom is -0.456 e. The van der Waals surface area contributed by atoms with Gasteiger partial charge >= 0.3 is 0 Å². The predicted molar refractivity (Wildman–Crippen MR) is 457 cm³/mol. The number of para-hydroxylation sites is 1. The monoisotopic (exact) mass is 1500 g/mol. The Bertz CT molecular complexity index is 6550. The molecule has 0 radical (unpaired) electrons. The molecule has 0 aliphatic heterocycles. The van der Waals surface area contributed by atoms with Crippen molar-refractivity contribution < 1.29 is 49.0 Å². The third-order valence-electron chi connectivity index (χ3n) is 22.0. The quantitative estimate of drug-likeness (QED) is 0.128. The summed E-state index contributed by atoms with van der Waals surface area (Å²) in [5.74, 6) is 0. The molecule has 20 rings (SSSR count). The van der Waals surface area contributed by atoms with Gasteiger partial charge in [-0.3, -0.25) is 19.9 Å². The number of pyridine rings is 10. The molecule has 564 valence electrons. The van der Waals surface area contributed by atoms with E-state index < -0.39 is 6.85 Å². The van der Waals surface area contributed by atoms with Gasteiger partial charge in [0.25, 0.3) is 0 Å². The van der Waals surface area contributed by atoms with E-state index >= 15 is 0 Å². The van der Waals surface area contributed by atoms with Gasteiger partial charge in [-0.2, -0.15) is 0 Å². The summed E-state index contributed by atoms with van der Waals surface area (Å²) in [6.07, 6.45) is 27.2. The highest BCUT2D eigenvalue weighted by Crippen LogP contribution is 2.43. The Morgan fingerprint density at radius 1 is 0.298 bits per heavy atom. The van der Waals surface area contributed by atoms with Crippen LogP contribution in [0.3, 0.4) is 0 Å². The van der Waals surface area contributed by atoms with Crippen LogP contribution in [0.25, 0.3) is 166 Å². The van der Waals surface area contributed by atoms with Gasteiger partial charge in [-0.1, -0.05) is 70.2 Å². The maximum Gasteiger partial charge on any atom is 0.227 e. The fraction of sp³-hybridized carbons (Fsp3) is 0.192. The Morgan fingerprint density at radius 2 is 0.702 bits per heavy atom. The smallest absolute Gasteiger partial charge is 0.227 e. The standard InChI is InChI=1S/4C20H19N2O.C19H17N2O/c1-4-14-6-7-16(22(3)12-14)19-13(2)5-8-18-20(19)15-11-21-10-9-17(15)23-18;1-4-14-6-7-16(22(3)12-14)19-13(2)5-8-17-20(19)15-9-10-21-11-18(15)23-17;1-4-14-8-9-15(22(3)12-14)18-13(2)7-10-16-19(18)20-17(23-16)6-5-11-21-20;1-4-14-8-9-16(22(3)12-14)18-13(2)7-10-17-19(18)15-6-5-11-21-20(15)23-17;1-12-8-9-15(21(3)11-12)18-13(2)20-10-17-19(18)14-6-4-5-7-16(14)22-17/h4*5-12H,4H2,1-3H3;4-11H,1-3H3/q5*+1/i;;;;1D3. The topological polar surface area (TPSA) is 150 Å². The van der Waals surface area contributed by atoms with Crippen LogP contribution < -0.4 is 22.8 Å². The number of fused-ring (bicyclic) bond motifs is 15. The summed E-state index contributed by atoms with van der Waals surface area (Å²) in [7, 11) is 10.3. The number of aromatic nitrogens is 10. The molecule has 0 saturated heterocycles. The highest BCUT2D eigenvalue weighted by atomic mass is 16.3. The lowest BCUT2D eigenvalue weighted by Crippen LogP contribution is -2.31. The zero-order valence-electron chi connectivity index (χ0n) is 69.9. The van der Waals surface area contributed by atoms with Gasteiger partial charge in [-0.25, -0.2) is 27.8 Å². The van der Waals surface area contributed by atoms with Gasteiger partial charge in [0.05, 0.1) is 51.3 Å². The highest BCUT2D eigenvalue weighted by molar-refractivity contribution is 6.16. The van der Waals surface area contributed by atoms with Gasteiger partial charge in [-0.15, -0.1) is 0 Å². The summed E-state index contributed by atoms with van der Waals surface area (Å²) in [6.45, 7) is 17.1. The predicted octanol–water partition coefficient (Wildman–Crippen LogP) is 21.5. The molecule has 15 heteroatoms. The third kappa shape index (κ3) is 13.9. The van der Waals surface area contributed by atoms with E-state index in [1.165, 1.54) is 94.9 Å². The molecule has 20 aromatic rings. The summed E-state index contributed by atoms with van der Waals surface area (Å²) in [5.41, 5.74) is 32.3. The molecule has 0 saturated carbocycles. The molecule has 5 aromatic carbocycles. The summed E-state index contributed by atoms with van der Waals surface area (Å²) in [6, 6.07) is 57.6. The molecule has 114 heavy (non-hydrogen) atoms. The highest BCUT2D eigenvalue weighted by Gasteiger charge is 2.27. The van der Waals surface area contributed by atoms with Crippen LogP contribution in [0.5, 0.6) is 0 Å². The molecule has 15 heterocycles. The first kappa shape index (κ1) is 70.9. The number of furan rings is 5. The number of hydrogen-bond acceptors (Lipinski definition) is 10. The van der Waals surface area contributed by atoms with Crippen LogP contribution in [0, 0.1) is 41.5 Å². The van der Waals surface area contributed by atoms with E-state index in [1.54, 1.807) is 37.1 Å². The van der Waals surface area contributed by atoms with Crippen molar-refractivity contribution in [2.75, 3.05) is 0 Å². The summed E-state index contributed by atoms with van der Waals surface area (Å²) in [5, 5.41) is 9.84. The van der Waals surface area contributed by atoms with Crippen molar-refractivity contribution in [3.63, 3.8) is 0 Å². The molecule has 15 nitrogen and oxygen atoms in total.